The zero-order chi connectivity index (χ0) is 13.3. The van der Waals surface area contributed by atoms with E-state index in [1.807, 2.05) is 18.2 Å². The van der Waals surface area contributed by atoms with E-state index in [-0.39, 0.29) is 6.04 Å². The number of aromatic nitrogens is 3. The molecule has 1 heterocycles. The van der Waals surface area contributed by atoms with Crippen molar-refractivity contribution in [3.63, 3.8) is 0 Å². The molecule has 1 aromatic heterocycles. The monoisotopic (exact) mass is 393 g/mol. The van der Waals surface area contributed by atoms with Gasteiger partial charge in [-0.25, -0.2) is 10.1 Å². The normalized spacial score (nSPS) is 12.7. The minimum atomic E-state index is -0.255. The minimum absolute atomic E-state index is 0.255. The molecule has 2 aromatic rings. The maximum Gasteiger partial charge on any atom is 0.153 e. The van der Waals surface area contributed by atoms with Crippen molar-refractivity contribution in [1.29, 1.82) is 0 Å². The van der Waals surface area contributed by atoms with Gasteiger partial charge in [0, 0.05) is 16.5 Å². The van der Waals surface area contributed by atoms with Crippen LogP contribution < -0.4 is 11.3 Å². The number of hydrogen-bond donors (Lipinski definition) is 2. The summed E-state index contributed by atoms with van der Waals surface area (Å²) in [6.45, 7) is 0. The number of nitrogens with zero attached hydrogens (tertiary/aromatic N) is 3. The first-order chi connectivity index (χ1) is 8.52. The average molecular weight is 395 g/mol. The quantitative estimate of drug-likeness (QED) is 0.619. The third-order valence-corrected chi connectivity index (χ3v) is 3.73. The van der Waals surface area contributed by atoms with E-state index in [0.717, 1.165) is 15.7 Å². The lowest BCUT2D eigenvalue weighted by Gasteiger charge is -2.17. The van der Waals surface area contributed by atoms with Crippen LogP contribution in [0.15, 0.2) is 27.3 Å². The molecule has 1 atom stereocenters. The highest BCUT2D eigenvalue weighted by Crippen LogP contribution is 2.30. The number of hydrogen-bond acceptors (Lipinski definition) is 4. The van der Waals surface area contributed by atoms with Gasteiger partial charge in [0.15, 0.2) is 4.60 Å². The van der Waals surface area contributed by atoms with Crippen molar-refractivity contribution >= 4 is 43.5 Å². The summed E-state index contributed by atoms with van der Waals surface area (Å²) in [4.78, 5) is 0. The summed E-state index contributed by atoms with van der Waals surface area (Å²) in [5.41, 5.74) is 4.49. The fraction of sp³-hybridized carbons (Fsp3) is 0.200. The molecule has 2 rings (SSSR count). The Morgan fingerprint density at radius 2 is 2.11 bits per heavy atom. The van der Waals surface area contributed by atoms with Gasteiger partial charge >= 0.3 is 0 Å². The second-order valence-corrected chi connectivity index (χ2v) is 5.79. The standard InChI is InChI=1S/C10H10Br2ClN5/c1-18-9(10(12)16-17-18)8(15-14)5-2-6(11)4-7(13)3-5/h2-4,8,15H,14H2,1H3. The smallest absolute Gasteiger partial charge is 0.153 e. The maximum absolute atomic E-state index is 6.04. The van der Waals surface area contributed by atoms with Crippen molar-refractivity contribution in [1.82, 2.24) is 20.4 Å². The molecule has 0 radical (unpaired) electrons. The maximum atomic E-state index is 6.04. The lowest BCUT2D eigenvalue weighted by Crippen LogP contribution is -2.30. The second kappa shape index (κ2) is 5.66. The lowest BCUT2D eigenvalue weighted by molar-refractivity contribution is 0.569. The summed E-state index contributed by atoms with van der Waals surface area (Å²) >= 11 is 12.8. The van der Waals surface area contributed by atoms with Gasteiger partial charge in [0.1, 0.15) is 0 Å². The Balaban J connectivity index is 2.52. The Kier molecular flexibility index (Phi) is 4.39. The SMILES string of the molecule is Cn1nnc(Br)c1C(NN)c1cc(Cl)cc(Br)c1. The van der Waals surface area contributed by atoms with Crippen LogP contribution in [0.2, 0.25) is 5.02 Å². The Labute approximate surface area is 126 Å². The summed E-state index contributed by atoms with van der Waals surface area (Å²) in [6.07, 6.45) is 0. The molecule has 8 heteroatoms. The average Bonchev–Trinajstić information content (AvgIpc) is 2.61. The zero-order valence-corrected chi connectivity index (χ0v) is 13.3. The molecular weight excluding hydrogens is 385 g/mol. The summed E-state index contributed by atoms with van der Waals surface area (Å²) in [6, 6.07) is 5.34. The molecule has 0 spiro atoms. The highest BCUT2D eigenvalue weighted by Gasteiger charge is 2.21. The number of benzene rings is 1. The fourth-order valence-electron chi connectivity index (χ4n) is 1.72. The van der Waals surface area contributed by atoms with Crippen molar-refractivity contribution in [2.45, 2.75) is 6.04 Å². The molecule has 1 aromatic carbocycles. The van der Waals surface area contributed by atoms with E-state index in [4.69, 9.17) is 17.4 Å². The van der Waals surface area contributed by atoms with Crippen LogP contribution in [0.3, 0.4) is 0 Å². The van der Waals surface area contributed by atoms with E-state index in [1.165, 1.54) is 0 Å². The van der Waals surface area contributed by atoms with E-state index >= 15 is 0 Å². The number of rotatable bonds is 3. The van der Waals surface area contributed by atoms with E-state index in [2.05, 4.69) is 47.6 Å². The molecule has 0 amide bonds. The number of nitrogens with one attached hydrogen (secondary N) is 1. The lowest BCUT2D eigenvalue weighted by atomic mass is 10.1. The molecule has 0 aliphatic rings. The molecule has 0 aliphatic heterocycles. The molecule has 5 nitrogen and oxygen atoms in total. The molecule has 0 bridgehead atoms. The Hall–Kier alpha value is -0.470. The predicted molar refractivity (Wildman–Crippen MR) is 77.0 cm³/mol. The zero-order valence-electron chi connectivity index (χ0n) is 9.36. The van der Waals surface area contributed by atoms with Gasteiger partial charge in [-0.05, 0) is 39.7 Å². The Morgan fingerprint density at radius 3 is 2.61 bits per heavy atom. The van der Waals surface area contributed by atoms with Gasteiger partial charge in [-0.2, -0.15) is 0 Å². The third kappa shape index (κ3) is 2.75. The summed E-state index contributed by atoms with van der Waals surface area (Å²) in [5, 5.41) is 8.51. The van der Waals surface area contributed by atoms with Gasteiger partial charge in [0.2, 0.25) is 0 Å². The van der Waals surface area contributed by atoms with Crippen LogP contribution in [0, 0.1) is 0 Å². The highest BCUT2D eigenvalue weighted by molar-refractivity contribution is 9.10. The van der Waals surface area contributed by atoms with Crippen molar-refractivity contribution < 1.29 is 0 Å². The van der Waals surface area contributed by atoms with E-state index in [1.54, 1.807) is 11.7 Å². The van der Waals surface area contributed by atoms with E-state index in [9.17, 15) is 0 Å². The highest BCUT2D eigenvalue weighted by atomic mass is 79.9. The van der Waals surface area contributed by atoms with Crippen LogP contribution >= 0.6 is 43.5 Å². The van der Waals surface area contributed by atoms with Gasteiger partial charge < -0.3 is 0 Å². The summed E-state index contributed by atoms with van der Waals surface area (Å²) < 4.78 is 3.18. The van der Waals surface area contributed by atoms with Crippen LogP contribution in [-0.4, -0.2) is 15.0 Å². The molecule has 0 saturated carbocycles. The molecule has 0 aliphatic carbocycles. The minimum Gasteiger partial charge on any atom is -0.271 e. The first kappa shape index (κ1) is 14.0. The molecule has 96 valence electrons. The van der Waals surface area contributed by atoms with Crippen molar-refractivity contribution in [3.8, 4) is 0 Å². The van der Waals surface area contributed by atoms with Crippen molar-refractivity contribution in [2.24, 2.45) is 12.9 Å². The number of hydrazine groups is 1. The van der Waals surface area contributed by atoms with Crippen LogP contribution in [-0.2, 0) is 7.05 Å². The largest absolute Gasteiger partial charge is 0.271 e. The fourth-order valence-corrected chi connectivity index (χ4v) is 3.16. The number of aryl methyl sites for hydroxylation is 1. The van der Waals surface area contributed by atoms with E-state index in [0.29, 0.717) is 9.63 Å². The van der Waals surface area contributed by atoms with Gasteiger partial charge in [-0.3, -0.25) is 5.84 Å². The van der Waals surface area contributed by atoms with Crippen molar-refractivity contribution in [3.05, 3.63) is 43.6 Å². The Bertz CT molecular complexity index is 532. The van der Waals surface area contributed by atoms with Gasteiger partial charge in [0.05, 0.1) is 11.7 Å². The van der Waals surface area contributed by atoms with Gasteiger partial charge in [-0.1, -0.05) is 32.7 Å². The van der Waals surface area contributed by atoms with Gasteiger partial charge in [0.25, 0.3) is 0 Å². The first-order valence-electron chi connectivity index (χ1n) is 5.00. The number of nitrogens with two attached hydrogens (primary N) is 1. The van der Waals surface area contributed by atoms with E-state index < -0.39 is 0 Å². The van der Waals surface area contributed by atoms with Crippen molar-refractivity contribution in [2.75, 3.05) is 0 Å². The summed E-state index contributed by atoms with van der Waals surface area (Å²) in [7, 11) is 1.80. The van der Waals surface area contributed by atoms with Gasteiger partial charge in [-0.15, -0.1) is 5.10 Å². The predicted octanol–water partition coefficient (Wildman–Crippen LogP) is 2.55. The second-order valence-electron chi connectivity index (χ2n) is 3.69. The molecule has 3 N–H and O–H groups in total. The molecule has 0 fully saturated rings. The molecular formula is C10H10Br2ClN5. The number of halogens is 3. The topological polar surface area (TPSA) is 68.8 Å². The van der Waals surface area contributed by atoms with Crippen LogP contribution in [0.5, 0.6) is 0 Å². The molecule has 1 unspecified atom stereocenters. The van der Waals surface area contributed by atoms with Crippen LogP contribution in [0.1, 0.15) is 17.3 Å². The first-order valence-corrected chi connectivity index (χ1v) is 6.96. The third-order valence-electron chi connectivity index (χ3n) is 2.49. The van der Waals surface area contributed by atoms with Crippen LogP contribution in [0.4, 0.5) is 0 Å². The van der Waals surface area contributed by atoms with Crippen LogP contribution in [0.25, 0.3) is 0 Å². The Morgan fingerprint density at radius 1 is 1.39 bits per heavy atom. The molecule has 0 saturated heterocycles. The molecule has 18 heavy (non-hydrogen) atoms. The summed E-state index contributed by atoms with van der Waals surface area (Å²) in [5.74, 6) is 5.64.